The van der Waals surface area contributed by atoms with Gasteiger partial charge in [0.1, 0.15) is 11.5 Å². The van der Waals surface area contributed by atoms with Crippen LogP contribution in [0.1, 0.15) is 39.2 Å². The molecule has 1 aliphatic heterocycles. The Morgan fingerprint density at radius 1 is 1.02 bits per heavy atom. The molecule has 1 aliphatic rings. The lowest BCUT2D eigenvalue weighted by molar-refractivity contribution is -0.385. The lowest BCUT2D eigenvalue weighted by Gasteiger charge is -2.11. The van der Waals surface area contributed by atoms with Crippen LogP contribution in [0.15, 0.2) is 58.6 Å². The van der Waals surface area contributed by atoms with Crippen molar-refractivity contribution in [2.24, 2.45) is 0 Å². The van der Waals surface area contributed by atoms with E-state index in [4.69, 9.17) is 18.6 Å². The van der Waals surface area contributed by atoms with Gasteiger partial charge in [0.2, 0.25) is 11.5 Å². The largest absolute Gasteiger partial charge is 0.493 e. The van der Waals surface area contributed by atoms with Gasteiger partial charge in [0.05, 0.1) is 31.3 Å². The molecule has 1 fully saturated rings. The molecular formula is C27H21N3O12. The molecule has 4 rings (SSSR count). The lowest BCUT2D eigenvalue weighted by atomic mass is 10.1. The number of benzene rings is 2. The number of ether oxygens (including phenoxy) is 4. The molecule has 42 heavy (non-hydrogen) atoms. The zero-order valence-electron chi connectivity index (χ0n) is 22.2. The smallest absolute Gasteiger partial charge is 0.373 e. The van der Waals surface area contributed by atoms with E-state index < -0.39 is 46.2 Å². The highest BCUT2D eigenvalue weighted by Gasteiger charge is 2.35. The molecular weight excluding hydrogens is 558 g/mol. The van der Waals surface area contributed by atoms with E-state index in [1.807, 2.05) is 0 Å². The second-order valence-corrected chi connectivity index (χ2v) is 8.44. The van der Waals surface area contributed by atoms with Crippen LogP contribution in [-0.4, -0.2) is 53.9 Å². The Labute approximate surface area is 236 Å². The van der Waals surface area contributed by atoms with Gasteiger partial charge < -0.3 is 28.7 Å². The molecule has 15 heteroatoms. The van der Waals surface area contributed by atoms with Crippen molar-refractivity contribution in [2.45, 2.75) is 13.5 Å². The maximum Gasteiger partial charge on any atom is 0.373 e. The van der Waals surface area contributed by atoms with Crippen molar-refractivity contribution < 1.29 is 52.3 Å². The fourth-order valence-corrected chi connectivity index (χ4v) is 3.80. The zero-order valence-corrected chi connectivity index (χ0v) is 22.2. The average Bonchev–Trinajstić information content (AvgIpc) is 3.53. The molecule has 2 heterocycles. The highest BCUT2D eigenvalue weighted by Crippen LogP contribution is 2.35. The van der Waals surface area contributed by atoms with Crippen LogP contribution in [0.5, 0.6) is 17.2 Å². The maximum atomic E-state index is 13.0. The topological polar surface area (TPSA) is 194 Å². The molecule has 1 aromatic heterocycles. The first-order chi connectivity index (χ1) is 20.0. The molecule has 3 aromatic rings. The third kappa shape index (κ3) is 6.09. The van der Waals surface area contributed by atoms with Crippen molar-refractivity contribution in [3.05, 3.63) is 87.0 Å². The second kappa shape index (κ2) is 12.0. The summed E-state index contributed by atoms with van der Waals surface area (Å²) in [6.07, 6.45) is 1.11. The van der Waals surface area contributed by atoms with Gasteiger partial charge in [-0.3, -0.25) is 24.6 Å². The summed E-state index contributed by atoms with van der Waals surface area (Å²) in [6, 6.07) is 9.37. The molecule has 0 radical (unpaired) electrons. The molecule has 15 nitrogen and oxygen atoms in total. The van der Waals surface area contributed by atoms with Crippen molar-refractivity contribution in [1.29, 1.82) is 0 Å². The number of para-hydroxylation sites is 1. The first kappa shape index (κ1) is 29.0. The summed E-state index contributed by atoms with van der Waals surface area (Å²) in [5.74, 6) is -3.67. The normalized spacial score (nSPS) is 13.5. The van der Waals surface area contributed by atoms with Crippen LogP contribution in [0, 0.1) is 10.1 Å². The number of rotatable bonds is 9. The van der Waals surface area contributed by atoms with E-state index in [1.165, 1.54) is 56.5 Å². The van der Waals surface area contributed by atoms with Crippen LogP contribution in [0.25, 0.3) is 6.08 Å². The Morgan fingerprint density at radius 2 is 1.79 bits per heavy atom. The van der Waals surface area contributed by atoms with Crippen LogP contribution >= 0.6 is 0 Å². The molecule has 0 unspecified atom stereocenters. The van der Waals surface area contributed by atoms with Gasteiger partial charge in [0.15, 0.2) is 11.5 Å². The van der Waals surface area contributed by atoms with E-state index in [-0.39, 0.29) is 46.4 Å². The Balaban J connectivity index is 1.63. The molecule has 2 aromatic carbocycles. The number of urea groups is 1. The molecule has 3 amide bonds. The Kier molecular flexibility index (Phi) is 8.31. The number of nitrogens with zero attached hydrogens (tertiary/aromatic N) is 2. The van der Waals surface area contributed by atoms with Crippen LogP contribution < -0.4 is 19.5 Å². The summed E-state index contributed by atoms with van der Waals surface area (Å²) in [7, 11) is 2.45. The van der Waals surface area contributed by atoms with Crippen molar-refractivity contribution >= 4 is 41.6 Å². The summed E-state index contributed by atoms with van der Waals surface area (Å²) >= 11 is 0. The first-order valence-electron chi connectivity index (χ1n) is 11.9. The van der Waals surface area contributed by atoms with E-state index in [9.17, 15) is 34.1 Å². The van der Waals surface area contributed by atoms with Crippen molar-refractivity contribution in [3.8, 4) is 17.2 Å². The summed E-state index contributed by atoms with van der Waals surface area (Å²) in [4.78, 5) is 73.2. The molecule has 1 N–H and O–H groups in total. The Hall–Kier alpha value is -5.99. The molecule has 0 saturated carbocycles. The van der Waals surface area contributed by atoms with Crippen molar-refractivity contribution in [3.63, 3.8) is 0 Å². The van der Waals surface area contributed by atoms with Crippen LogP contribution in [0.3, 0.4) is 0 Å². The van der Waals surface area contributed by atoms with Crippen LogP contribution in [-0.2, 0) is 20.9 Å². The first-order valence-corrected chi connectivity index (χ1v) is 11.9. The number of methoxy groups -OCH3 is 2. The minimum absolute atomic E-state index is 0.0270. The number of hydrogen-bond donors (Lipinski definition) is 1. The van der Waals surface area contributed by atoms with Gasteiger partial charge >= 0.3 is 29.6 Å². The number of carbonyl (C=O) groups excluding carboxylic acids is 5. The highest BCUT2D eigenvalue weighted by molar-refractivity contribution is 6.14. The van der Waals surface area contributed by atoms with Gasteiger partial charge in [-0.15, -0.1) is 0 Å². The summed E-state index contributed by atoms with van der Waals surface area (Å²) in [5.41, 5.74) is -1.04. The number of nitro groups is 1. The number of nitrogens with one attached hydrogen (secondary N) is 1. The lowest BCUT2D eigenvalue weighted by Crippen LogP contribution is -2.30. The second-order valence-electron chi connectivity index (χ2n) is 8.44. The van der Waals surface area contributed by atoms with E-state index in [0.717, 1.165) is 24.2 Å². The van der Waals surface area contributed by atoms with Crippen LogP contribution in [0.2, 0.25) is 0 Å². The highest BCUT2D eigenvalue weighted by atomic mass is 16.6. The standard InChI is InChI=1S/C27H21N3O12/c1-14(31)40-20-9-7-16(12-22(20)38-2)25(33)42-23-15(5-4-6-19(23)30(36)37)11-18-24(32)29(27(35)28-18)13-17-8-10-21(41-17)26(34)39-3/h4-12H,13H2,1-3H3,(H,28,35)/b18-11-. The van der Waals surface area contributed by atoms with E-state index in [0.29, 0.717) is 0 Å². The molecule has 0 bridgehead atoms. The summed E-state index contributed by atoms with van der Waals surface area (Å²) in [5, 5.41) is 14.1. The van der Waals surface area contributed by atoms with Crippen LogP contribution in [0.4, 0.5) is 10.5 Å². The Bertz CT molecular complexity index is 1660. The molecule has 1 saturated heterocycles. The number of amides is 3. The minimum Gasteiger partial charge on any atom is -0.493 e. The fourth-order valence-electron chi connectivity index (χ4n) is 3.80. The molecule has 0 aliphatic carbocycles. The van der Waals surface area contributed by atoms with Gasteiger partial charge in [-0.25, -0.2) is 14.4 Å². The molecule has 0 atom stereocenters. The summed E-state index contributed by atoms with van der Waals surface area (Å²) in [6.45, 7) is 0.849. The van der Waals surface area contributed by atoms with Crippen molar-refractivity contribution in [1.82, 2.24) is 10.2 Å². The fraction of sp³-hybridized carbons (Fsp3) is 0.148. The van der Waals surface area contributed by atoms with E-state index >= 15 is 0 Å². The van der Waals surface area contributed by atoms with E-state index in [2.05, 4.69) is 10.1 Å². The van der Waals surface area contributed by atoms with Crippen molar-refractivity contribution in [2.75, 3.05) is 14.2 Å². The van der Waals surface area contributed by atoms with E-state index in [1.54, 1.807) is 0 Å². The Morgan fingerprint density at radius 3 is 2.45 bits per heavy atom. The number of nitro benzene ring substituents is 1. The third-order valence-corrected chi connectivity index (χ3v) is 5.69. The quantitative estimate of drug-likeness (QED) is 0.0973. The number of carbonyl (C=O) groups is 5. The predicted octanol–water partition coefficient (Wildman–Crippen LogP) is 3.22. The number of hydrogen-bond acceptors (Lipinski definition) is 12. The van der Waals surface area contributed by atoms with Gasteiger partial charge in [0, 0.05) is 18.6 Å². The van der Waals surface area contributed by atoms with Gasteiger partial charge in [0.25, 0.3) is 5.91 Å². The van der Waals surface area contributed by atoms with Gasteiger partial charge in [-0.1, -0.05) is 12.1 Å². The maximum absolute atomic E-state index is 13.0. The number of furan rings is 1. The number of imide groups is 1. The summed E-state index contributed by atoms with van der Waals surface area (Å²) < 4.78 is 25.4. The van der Waals surface area contributed by atoms with Gasteiger partial charge in [-0.05, 0) is 36.4 Å². The minimum atomic E-state index is -1.03. The average molecular weight is 579 g/mol. The predicted molar refractivity (Wildman–Crippen MR) is 139 cm³/mol. The SMILES string of the molecule is COC(=O)c1ccc(CN2C(=O)N/C(=C\c3cccc([N+](=O)[O-])c3OC(=O)c3ccc(OC(C)=O)c(OC)c3)C2=O)o1. The monoisotopic (exact) mass is 579 g/mol. The van der Waals surface area contributed by atoms with Gasteiger partial charge in [-0.2, -0.15) is 0 Å². The third-order valence-electron chi connectivity index (χ3n) is 5.69. The number of esters is 3. The molecule has 216 valence electrons. The molecule has 0 spiro atoms. The zero-order chi connectivity index (χ0) is 30.6.